The van der Waals surface area contributed by atoms with Gasteiger partial charge in [0.25, 0.3) is 11.5 Å². The van der Waals surface area contributed by atoms with Crippen molar-refractivity contribution in [2.75, 3.05) is 20.2 Å². The van der Waals surface area contributed by atoms with Crippen LogP contribution in [0.5, 0.6) is 0 Å². The molecule has 1 aromatic carbocycles. The maximum atomic E-state index is 13.3. The number of esters is 1. The van der Waals surface area contributed by atoms with Crippen molar-refractivity contribution >= 4 is 11.9 Å². The van der Waals surface area contributed by atoms with Crippen molar-refractivity contribution in [1.29, 1.82) is 0 Å². The molecule has 1 aromatic heterocycles. The van der Waals surface area contributed by atoms with Crippen LogP contribution in [0.2, 0.25) is 0 Å². The molecule has 1 aliphatic heterocycles. The Balaban J connectivity index is 1.85. The topological polar surface area (TPSA) is 94.6 Å². The fourth-order valence-corrected chi connectivity index (χ4v) is 3.90. The van der Waals surface area contributed by atoms with Crippen molar-refractivity contribution in [1.82, 2.24) is 9.47 Å². The second-order valence-corrected chi connectivity index (χ2v) is 7.88. The van der Waals surface area contributed by atoms with Gasteiger partial charge in [-0.2, -0.15) is 0 Å². The molecule has 1 aliphatic rings. The normalized spacial score (nSPS) is 19.2. The third kappa shape index (κ3) is 4.97. The van der Waals surface area contributed by atoms with E-state index in [9.17, 15) is 14.4 Å². The quantitative estimate of drug-likeness (QED) is 0.757. The number of rotatable bonds is 5. The molecule has 1 fully saturated rings. The summed E-state index contributed by atoms with van der Waals surface area (Å²) in [6.45, 7) is 2.75. The van der Waals surface area contributed by atoms with Gasteiger partial charge in [0.2, 0.25) is 0 Å². The molecule has 1 saturated heterocycles. The predicted octanol–water partition coefficient (Wildman–Crippen LogP) is 1.75. The minimum atomic E-state index is -0.433. The van der Waals surface area contributed by atoms with Crippen LogP contribution in [0.1, 0.15) is 34.3 Å². The van der Waals surface area contributed by atoms with Gasteiger partial charge in [0.05, 0.1) is 13.0 Å². The minimum absolute atomic E-state index is 0.142. The monoisotopic (exact) mass is 411 g/mol. The average Bonchev–Trinajstić information content (AvgIpc) is 2.95. The van der Waals surface area contributed by atoms with Crippen LogP contribution < -0.4 is 11.3 Å². The van der Waals surface area contributed by atoms with E-state index in [1.807, 2.05) is 30.3 Å². The van der Waals surface area contributed by atoms with Crippen molar-refractivity contribution in [2.45, 2.75) is 38.8 Å². The highest BCUT2D eigenvalue weighted by Crippen LogP contribution is 2.19. The van der Waals surface area contributed by atoms with Crippen molar-refractivity contribution in [3.63, 3.8) is 0 Å². The Bertz CT molecular complexity index is 955. The molecule has 0 spiro atoms. The summed E-state index contributed by atoms with van der Waals surface area (Å²) in [7, 11) is 1.34. The molecule has 2 atom stereocenters. The van der Waals surface area contributed by atoms with Gasteiger partial charge < -0.3 is 19.9 Å². The maximum absolute atomic E-state index is 13.3. The third-order valence-corrected chi connectivity index (χ3v) is 5.67. The fraction of sp³-hybridized carbons (Fsp3) is 0.435. The number of methoxy groups -OCH3 is 1. The molecule has 1 amide bonds. The van der Waals surface area contributed by atoms with Gasteiger partial charge in [-0.1, -0.05) is 30.3 Å². The van der Waals surface area contributed by atoms with Crippen LogP contribution in [-0.2, 0) is 22.5 Å². The molecule has 160 valence electrons. The molecule has 7 nitrogen and oxygen atoms in total. The van der Waals surface area contributed by atoms with E-state index in [2.05, 4.69) is 0 Å². The molecule has 0 unspecified atom stereocenters. The molecule has 2 aromatic rings. The summed E-state index contributed by atoms with van der Waals surface area (Å²) >= 11 is 0. The van der Waals surface area contributed by atoms with Gasteiger partial charge >= 0.3 is 5.97 Å². The van der Waals surface area contributed by atoms with Gasteiger partial charge in [-0.25, -0.2) is 0 Å². The average molecular weight is 412 g/mol. The first-order valence-corrected chi connectivity index (χ1v) is 10.3. The fourth-order valence-electron chi connectivity index (χ4n) is 3.90. The zero-order chi connectivity index (χ0) is 21.7. The van der Waals surface area contributed by atoms with E-state index in [0.29, 0.717) is 37.9 Å². The number of hydrogen-bond donors (Lipinski definition) is 1. The van der Waals surface area contributed by atoms with Gasteiger partial charge in [0, 0.05) is 31.9 Å². The number of aryl methyl sites for hydroxylation is 3. The SMILES string of the molecule is COC(=O)[C@H]1CC[C@@H](N)CN(C(=O)c2c(C)ccn(CCc3ccccc3)c2=O)C1. The van der Waals surface area contributed by atoms with E-state index in [-0.39, 0.29) is 35.6 Å². The number of hydrogen-bond acceptors (Lipinski definition) is 5. The van der Waals surface area contributed by atoms with Crippen LogP contribution in [0.25, 0.3) is 0 Å². The Morgan fingerprint density at radius 2 is 1.87 bits per heavy atom. The number of aromatic nitrogens is 1. The Labute approximate surface area is 176 Å². The smallest absolute Gasteiger partial charge is 0.310 e. The van der Waals surface area contributed by atoms with E-state index in [1.165, 1.54) is 12.0 Å². The minimum Gasteiger partial charge on any atom is -0.469 e. The molecule has 0 radical (unpaired) electrons. The van der Waals surface area contributed by atoms with Crippen LogP contribution in [0.4, 0.5) is 0 Å². The summed E-state index contributed by atoms with van der Waals surface area (Å²) in [4.78, 5) is 40.1. The number of nitrogens with zero attached hydrogens (tertiary/aromatic N) is 2. The van der Waals surface area contributed by atoms with Gasteiger partial charge in [-0.05, 0) is 43.4 Å². The Morgan fingerprint density at radius 1 is 1.13 bits per heavy atom. The number of carbonyl (C=O) groups excluding carboxylic acids is 2. The highest BCUT2D eigenvalue weighted by atomic mass is 16.5. The van der Waals surface area contributed by atoms with Crippen molar-refractivity contribution < 1.29 is 14.3 Å². The van der Waals surface area contributed by atoms with E-state index < -0.39 is 5.92 Å². The second kappa shape index (κ2) is 9.71. The molecular weight excluding hydrogens is 382 g/mol. The molecule has 0 saturated carbocycles. The summed E-state index contributed by atoms with van der Waals surface area (Å²) in [6, 6.07) is 11.4. The molecule has 2 N–H and O–H groups in total. The van der Waals surface area contributed by atoms with Crippen molar-refractivity contribution in [3.8, 4) is 0 Å². The van der Waals surface area contributed by atoms with E-state index in [1.54, 1.807) is 23.8 Å². The summed E-state index contributed by atoms with van der Waals surface area (Å²) < 4.78 is 6.44. The van der Waals surface area contributed by atoms with Crippen molar-refractivity contribution in [3.05, 3.63) is 69.6 Å². The highest BCUT2D eigenvalue weighted by molar-refractivity contribution is 5.95. The third-order valence-electron chi connectivity index (χ3n) is 5.67. The number of ether oxygens (including phenoxy) is 1. The molecule has 7 heteroatoms. The Hall–Kier alpha value is -2.93. The maximum Gasteiger partial charge on any atom is 0.310 e. The zero-order valence-electron chi connectivity index (χ0n) is 17.5. The van der Waals surface area contributed by atoms with Gasteiger partial charge in [0.1, 0.15) is 5.56 Å². The summed E-state index contributed by atoms with van der Waals surface area (Å²) in [5, 5.41) is 0. The first-order valence-electron chi connectivity index (χ1n) is 10.3. The van der Waals surface area contributed by atoms with Crippen LogP contribution in [0.15, 0.2) is 47.4 Å². The van der Waals surface area contributed by atoms with Crippen LogP contribution in [0.3, 0.4) is 0 Å². The van der Waals surface area contributed by atoms with E-state index in [4.69, 9.17) is 10.5 Å². The first kappa shape index (κ1) is 21.8. The van der Waals surface area contributed by atoms with Crippen LogP contribution >= 0.6 is 0 Å². The van der Waals surface area contributed by atoms with Crippen LogP contribution in [-0.4, -0.2) is 47.6 Å². The molecule has 0 aliphatic carbocycles. The Morgan fingerprint density at radius 3 is 2.57 bits per heavy atom. The molecule has 2 heterocycles. The summed E-state index contributed by atoms with van der Waals surface area (Å²) in [5.74, 6) is -1.17. The number of benzene rings is 1. The molecule has 30 heavy (non-hydrogen) atoms. The summed E-state index contributed by atoms with van der Waals surface area (Å²) in [6.07, 6.45) is 3.60. The van der Waals surface area contributed by atoms with E-state index in [0.717, 1.165) is 5.56 Å². The van der Waals surface area contributed by atoms with Crippen LogP contribution in [0, 0.1) is 12.8 Å². The van der Waals surface area contributed by atoms with Crippen molar-refractivity contribution in [2.24, 2.45) is 11.7 Å². The Kier molecular flexibility index (Phi) is 7.05. The zero-order valence-corrected chi connectivity index (χ0v) is 17.5. The van der Waals surface area contributed by atoms with Gasteiger partial charge in [0.15, 0.2) is 0 Å². The number of likely N-dealkylation sites (tertiary alicyclic amines) is 1. The number of carbonyl (C=O) groups is 2. The predicted molar refractivity (Wildman–Crippen MR) is 114 cm³/mol. The molecule has 3 rings (SSSR count). The lowest BCUT2D eigenvalue weighted by Crippen LogP contribution is -2.44. The second-order valence-electron chi connectivity index (χ2n) is 7.88. The molecular formula is C23H29N3O4. The lowest BCUT2D eigenvalue weighted by atomic mass is 10.0. The number of pyridine rings is 1. The lowest BCUT2D eigenvalue weighted by molar-refractivity contribution is -0.145. The number of nitrogens with two attached hydrogens (primary N) is 1. The molecule has 0 bridgehead atoms. The van der Waals surface area contributed by atoms with Gasteiger partial charge in [-0.3, -0.25) is 14.4 Å². The standard InChI is InChI=1S/C23H29N3O4/c1-16-10-12-25(13-11-17-6-4-3-5-7-17)21(27)20(16)22(28)26-14-18(23(29)30-2)8-9-19(24)15-26/h3-7,10,12,18-19H,8-9,11,13-15,24H2,1-2H3/t18-,19+/m0/s1. The number of amides is 1. The summed E-state index contributed by atoms with van der Waals surface area (Å²) in [5.41, 5.74) is 7.70. The first-order chi connectivity index (χ1) is 14.4. The van der Waals surface area contributed by atoms with Gasteiger partial charge in [-0.15, -0.1) is 0 Å². The highest BCUT2D eigenvalue weighted by Gasteiger charge is 2.32. The van der Waals surface area contributed by atoms with E-state index >= 15 is 0 Å². The largest absolute Gasteiger partial charge is 0.469 e. The lowest BCUT2D eigenvalue weighted by Gasteiger charge is -2.25.